The zero-order valence-corrected chi connectivity index (χ0v) is 18.4. The molecule has 1 aliphatic rings. The van der Waals surface area contributed by atoms with Crippen LogP contribution in [0.5, 0.6) is 0 Å². The van der Waals surface area contributed by atoms with Gasteiger partial charge in [0.2, 0.25) is 0 Å². The molecule has 0 unspecified atom stereocenters. The third-order valence-corrected chi connectivity index (χ3v) is 4.99. The van der Waals surface area contributed by atoms with Gasteiger partial charge in [-0.1, -0.05) is 42.2 Å². The summed E-state index contributed by atoms with van der Waals surface area (Å²) in [6.07, 6.45) is -2.51. The van der Waals surface area contributed by atoms with Gasteiger partial charge in [-0.2, -0.15) is 23.7 Å². The van der Waals surface area contributed by atoms with E-state index in [-0.39, 0.29) is 39.8 Å². The van der Waals surface area contributed by atoms with Crippen LogP contribution >= 0.6 is 34.8 Å². The quantitative estimate of drug-likeness (QED) is 0.335. The lowest BCUT2D eigenvalue weighted by atomic mass is 10.1. The fourth-order valence-electron chi connectivity index (χ4n) is 3.15. The normalized spacial score (nSPS) is 12.4. The largest absolute Gasteiger partial charge is 0.435 e. The van der Waals surface area contributed by atoms with Crippen LogP contribution in [-0.2, 0) is 19.1 Å². The first kappa shape index (κ1) is 26.4. The molecule has 0 saturated carbocycles. The summed E-state index contributed by atoms with van der Waals surface area (Å²) in [5.74, 6) is 0.397. The maximum atomic E-state index is 13.3. The molecule has 0 atom stereocenters. The van der Waals surface area contributed by atoms with Crippen LogP contribution in [0, 0.1) is 22.7 Å². The number of alkyl halides is 3. The summed E-state index contributed by atoms with van der Waals surface area (Å²) in [4.78, 5) is 11.4. The Morgan fingerprint density at radius 2 is 1.39 bits per heavy atom. The highest BCUT2D eigenvalue weighted by molar-refractivity contribution is 6.32. The molecule has 3 aromatic rings. The Bertz CT molecular complexity index is 1220. The highest BCUT2D eigenvalue weighted by atomic mass is 35.5. The second-order valence-corrected chi connectivity index (χ2v) is 7.78. The van der Waals surface area contributed by atoms with Gasteiger partial charge in [-0.25, -0.2) is 15.0 Å². The summed E-state index contributed by atoms with van der Waals surface area (Å²) in [6.45, 7) is 0.448. The van der Waals surface area contributed by atoms with Crippen LogP contribution in [0.1, 0.15) is 42.9 Å². The molecule has 12 heteroatoms. The van der Waals surface area contributed by atoms with Crippen LogP contribution in [0.3, 0.4) is 0 Å². The number of nitriles is 2. The van der Waals surface area contributed by atoms with Crippen molar-refractivity contribution in [2.75, 3.05) is 0 Å². The molecular weight excluding hydrogens is 500 g/mol. The van der Waals surface area contributed by atoms with E-state index in [0.717, 1.165) is 12.8 Å². The number of hydrogen-bond acceptors (Lipinski definition) is 5. The van der Waals surface area contributed by atoms with Gasteiger partial charge in [0.15, 0.2) is 5.69 Å². The number of imidazole rings is 1. The van der Waals surface area contributed by atoms with E-state index in [9.17, 15) is 13.2 Å². The van der Waals surface area contributed by atoms with E-state index in [2.05, 4.69) is 15.0 Å². The minimum Gasteiger partial charge on any atom is -0.326 e. The average Bonchev–Trinajstić information content (AvgIpc) is 3.13. The van der Waals surface area contributed by atoms with Crippen LogP contribution in [0.25, 0.3) is 11.4 Å². The zero-order chi connectivity index (χ0) is 23.5. The van der Waals surface area contributed by atoms with Crippen molar-refractivity contribution in [2.45, 2.75) is 39.4 Å². The van der Waals surface area contributed by atoms with Crippen molar-refractivity contribution in [1.29, 1.82) is 10.5 Å². The van der Waals surface area contributed by atoms with Gasteiger partial charge < -0.3 is 4.57 Å². The first-order valence-electron chi connectivity index (χ1n) is 9.10. The SMILES string of the molecule is C.N#Cc1cc(Cl)nc(-c2c(C(F)(F)F)nc3n2CCCC3)c1.N#Cc1cc(Cl)nc(Cl)c1. The predicted octanol–water partition coefficient (Wildman–Crippen LogP) is 6.72. The third kappa shape index (κ3) is 6.35. The Hall–Kier alpha value is -2.85. The molecule has 0 amide bonds. The highest BCUT2D eigenvalue weighted by Gasteiger charge is 2.40. The fraction of sp³-hybridized carbons (Fsp3) is 0.286. The summed E-state index contributed by atoms with van der Waals surface area (Å²) in [6, 6.07) is 9.29. The smallest absolute Gasteiger partial charge is 0.326 e. The van der Waals surface area contributed by atoms with Crippen molar-refractivity contribution in [3.8, 4) is 23.5 Å². The Morgan fingerprint density at radius 3 is 1.94 bits per heavy atom. The summed E-state index contributed by atoms with van der Waals surface area (Å²) >= 11 is 16.8. The van der Waals surface area contributed by atoms with E-state index >= 15 is 0 Å². The van der Waals surface area contributed by atoms with E-state index in [1.165, 1.54) is 28.8 Å². The molecule has 4 heterocycles. The van der Waals surface area contributed by atoms with Crippen molar-refractivity contribution in [1.82, 2.24) is 19.5 Å². The zero-order valence-electron chi connectivity index (χ0n) is 16.1. The Balaban J connectivity index is 0.000000297. The topological polar surface area (TPSA) is 91.2 Å². The number of nitrogens with zero attached hydrogens (tertiary/aromatic N) is 6. The number of pyridine rings is 2. The number of aromatic nitrogens is 4. The molecule has 6 nitrogen and oxygen atoms in total. The first-order chi connectivity index (χ1) is 15.1. The average molecular weight is 516 g/mol. The Labute approximate surface area is 203 Å². The Morgan fingerprint density at radius 1 is 0.848 bits per heavy atom. The molecule has 172 valence electrons. The number of rotatable bonds is 1. The molecule has 3 aromatic heterocycles. The minimum atomic E-state index is -4.59. The van der Waals surface area contributed by atoms with Crippen LogP contribution in [0.2, 0.25) is 15.5 Å². The van der Waals surface area contributed by atoms with Crippen molar-refractivity contribution < 1.29 is 13.2 Å². The number of hydrogen-bond donors (Lipinski definition) is 0. The molecule has 33 heavy (non-hydrogen) atoms. The summed E-state index contributed by atoms with van der Waals surface area (Å²) < 4.78 is 41.4. The van der Waals surface area contributed by atoms with Crippen LogP contribution < -0.4 is 0 Å². The maximum absolute atomic E-state index is 13.3. The number of aryl methyl sites for hydroxylation is 1. The third-order valence-electron chi connectivity index (χ3n) is 4.40. The summed E-state index contributed by atoms with van der Waals surface area (Å²) in [5, 5.41) is 17.8. The molecular formula is C21H16Cl3F3N6. The van der Waals surface area contributed by atoms with Gasteiger partial charge in [-0.15, -0.1) is 0 Å². The standard InChI is InChI=1S/C14H10ClF3N4.C6H2Cl2N2.CH4/c15-10-6-8(7-19)5-9(20-10)12-13(14(16,17)18)21-11-3-1-2-4-22(11)12;7-5-1-4(3-9)2-6(8)10-5;/h5-6H,1-4H2;1-2H;1H4. The molecule has 0 bridgehead atoms. The summed E-state index contributed by atoms with van der Waals surface area (Å²) in [7, 11) is 0. The lowest BCUT2D eigenvalue weighted by Crippen LogP contribution is -2.12. The van der Waals surface area contributed by atoms with Gasteiger partial charge in [0, 0.05) is 13.0 Å². The minimum absolute atomic E-state index is 0. The van der Waals surface area contributed by atoms with Gasteiger partial charge in [0.25, 0.3) is 0 Å². The van der Waals surface area contributed by atoms with Crippen LogP contribution in [0.15, 0.2) is 24.3 Å². The van der Waals surface area contributed by atoms with E-state index < -0.39 is 11.9 Å². The molecule has 0 spiro atoms. The van der Waals surface area contributed by atoms with Gasteiger partial charge in [0.05, 0.1) is 34.7 Å². The maximum Gasteiger partial charge on any atom is 0.435 e. The van der Waals surface area contributed by atoms with Gasteiger partial charge in [0.1, 0.15) is 21.3 Å². The van der Waals surface area contributed by atoms with Gasteiger partial charge in [-0.05, 0) is 37.1 Å². The summed E-state index contributed by atoms with van der Waals surface area (Å²) in [5.41, 5.74) is -0.472. The second-order valence-electron chi connectivity index (χ2n) is 6.62. The van der Waals surface area contributed by atoms with Crippen LogP contribution in [0.4, 0.5) is 13.2 Å². The molecule has 0 aromatic carbocycles. The monoisotopic (exact) mass is 514 g/mol. The van der Waals surface area contributed by atoms with E-state index in [1.54, 1.807) is 0 Å². The van der Waals surface area contributed by atoms with Crippen molar-refractivity contribution in [3.63, 3.8) is 0 Å². The van der Waals surface area contributed by atoms with E-state index in [0.29, 0.717) is 24.4 Å². The second kappa shape index (κ2) is 10.8. The van der Waals surface area contributed by atoms with Crippen LogP contribution in [-0.4, -0.2) is 19.5 Å². The first-order valence-corrected chi connectivity index (χ1v) is 10.2. The van der Waals surface area contributed by atoms with E-state index in [4.69, 9.17) is 45.3 Å². The lowest BCUT2D eigenvalue weighted by Gasteiger charge is -2.16. The predicted molar refractivity (Wildman–Crippen MR) is 119 cm³/mol. The molecule has 0 aliphatic carbocycles. The number of halogens is 6. The Kier molecular flexibility index (Phi) is 8.68. The molecule has 1 aliphatic heterocycles. The number of fused-ring (bicyclic) bond motifs is 1. The molecule has 0 saturated heterocycles. The van der Waals surface area contributed by atoms with Crippen molar-refractivity contribution in [2.24, 2.45) is 0 Å². The highest BCUT2D eigenvalue weighted by Crippen LogP contribution is 2.38. The molecule has 0 fully saturated rings. The molecule has 0 N–H and O–H groups in total. The molecule has 0 radical (unpaired) electrons. The van der Waals surface area contributed by atoms with Gasteiger partial charge >= 0.3 is 6.18 Å². The fourth-order valence-corrected chi connectivity index (χ4v) is 3.82. The lowest BCUT2D eigenvalue weighted by molar-refractivity contribution is -0.140. The van der Waals surface area contributed by atoms with Gasteiger partial charge in [-0.3, -0.25) is 0 Å². The van der Waals surface area contributed by atoms with Crippen molar-refractivity contribution >= 4 is 34.8 Å². The molecule has 4 rings (SSSR count). The van der Waals surface area contributed by atoms with E-state index in [1.807, 2.05) is 12.1 Å². The van der Waals surface area contributed by atoms with Crippen molar-refractivity contribution in [3.05, 3.63) is 62.4 Å².